The van der Waals surface area contributed by atoms with Crippen molar-refractivity contribution in [3.63, 3.8) is 0 Å². The molecule has 21 heavy (non-hydrogen) atoms. The number of amides is 1. The van der Waals surface area contributed by atoms with Gasteiger partial charge in [-0.05, 0) is 24.3 Å². The Kier molecular flexibility index (Phi) is 4.97. The molecule has 0 aromatic heterocycles. The molecule has 1 amide bonds. The number of benzene rings is 1. The summed E-state index contributed by atoms with van der Waals surface area (Å²) in [7, 11) is 0. The molecule has 0 spiro atoms. The third-order valence-electron chi connectivity index (χ3n) is 2.84. The number of Topliss-reactive ketones (excluding diaryl/α,β-unsaturated/α-hetero) is 1. The van der Waals surface area contributed by atoms with Gasteiger partial charge in [-0.25, -0.2) is 0 Å². The number of carboxylic acids is 1. The smallest absolute Gasteiger partial charge is 0.323 e. The van der Waals surface area contributed by atoms with Gasteiger partial charge in [0.15, 0.2) is 5.78 Å². The highest BCUT2D eigenvalue weighted by Gasteiger charge is 2.38. The zero-order chi connectivity index (χ0) is 15.6. The van der Waals surface area contributed by atoms with Gasteiger partial charge in [0.1, 0.15) is 10.9 Å². The average Bonchev–Trinajstić information content (AvgIpc) is 2.67. The van der Waals surface area contributed by atoms with Crippen molar-refractivity contribution < 1.29 is 19.5 Å². The Morgan fingerprint density at radius 2 is 1.95 bits per heavy atom. The molecule has 1 aliphatic rings. The van der Waals surface area contributed by atoms with Gasteiger partial charge in [-0.1, -0.05) is 35.6 Å². The monoisotopic (exact) mass is 343 g/mol. The summed E-state index contributed by atoms with van der Waals surface area (Å²) in [6.45, 7) is -0.476. The first-order chi connectivity index (χ1) is 9.88. The fourth-order valence-electron chi connectivity index (χ4n) is 1.83. The summed E-state index contributed by atoms with van der Waals surface area (Å²) < 4.78 is 0.191. The van der Waals surface area contributed by atoms with Crippen LogP contribution >= 0.6 is 35.6 Å². The Hall–Kier alpha value is -1.44. The highest BCUT2D eigenvalue weighted by molar-refractivity contribution is 8.24. The van der Waals surface area contributed by atoms with E-state index in [-0.39, 0.29) is 16.5 Å². The number of thiocarbonyl (C=S) groups is 1. The number of aliphatic carboxylic acids is 1. The van der Waals surface area contributed by atoms with Crippen LogP contribution in [0, 0.1) is 0 Å². The number of ketones is 1. The van der Waals surface area contributed by atoms with Crippen LogP contribution in [-0.2, 0) is 9.59 Å². The molecule has 0 saturated carbocycles. The second kappa shape index (κ2) is 6.55. The lowest BCUT2D eigenvalue weighted by Crippen LogP contribution is -2.36. The molecule has 1 atom stereocenters. The molecule has 8 heteroatoms. The summed E-state index contributed by atoms with van der Waals surface area (Å²) in [6, 6.07) is 6.36. The molecule has 1 unspecified atom stereocenters. The lowest BCUT2D eigenvalue weighted by Gasteiger charge is -2.12. The Morgan fingerprint density at radius 1 is 1.33 bits per heavy atom. The highest BCUT2D eigenvalue weighted by atomic mass is 35.5. The third-order valence-corrected chi connectivity index (χ3v) is 4.67. The van der Waals surface area contributed by atoms with E-state index in [0.717, 1.165) is 16.7 Å². The summed E-state index contributed by atoms with van der Waals surface area (Å²) in [5.74, 6) is -1.79. The van der Waals surface area contributed by atoms with Crippen LogP contribution < -0.4 is 0 Å². The van der Waals surface area contributed by atoms with E-state index in [1.54, 1.807) is 24.3 Å². The summed E-state index contributed by atoms with van der Waals surface area (Å²) in [4.78, 5) is 35.9. The largest absolute Gasteiger partial charge is 0.480 e. The molecule has 1 heterocycles. The van der Waals surface area contributed by atoms with Gasteiger partial charge in [-0.3, -0.25) is 19.3 Å². The van der Waals surface area contributed by atoms with E-state index in [4.69, 9.17) is 28.9 Å². The molecule has 1 N–H and O–H groups in total. The number of nitrogens with zero attached hydrogens (tertiary/aromatic N) is 1. The minimum atomic E-state index is -1.14. The molecule has 0 radical (unpaired) electrons. The summed E-state index contributed by atoms with van der Waals surface area (Å²) >= 11 is 11.8. The minimum absolute atomic E-state index is 0.0264. The van der Waals surface area contributed by atoms with Crippen molar-refractivity contribution in [3.05, 3.63) is 34.9 Å². The first kappa shape index (κ1) is 15.9. The lowest BCUT2D eigenvalue weighted by atomic mass is 10.1. The molecule has 1 aliphatic heterocycles. The molecule has 1 aromatic carbocycles. The van der Waals surface area contributed by atoms with Gasteiger partial charge in [-0.2, -0.15) is 0 Å². The van der Waals surface area contributed by atoms with Crippen LogP contribution in [0.3, 0.4) is 0 Å². The first-order valence-electron chi connectivity index (χ1n) is 5.91. The SMILES string of the molecule is O=C(O)CN1C(=O)C(CC(=O)c2ccc(Cl)cc2)SC1=S. The maximum absolute atomic E-state index is 12.1. The van der Waals surface area contributed by atoms with Gasteiger partial charge in [0.05, 0.1) is 5.25 Å². The van der Waals surface area contributed by atoms with Crippen LogP contribution in [0.15, 0.2) is 24.3 Å². The second-order valence-corrected chi connectivity index (χ2v) is 6.60. The Labute approximate surface area is 135 Å². The van der Waals surface area contributed by atoms with E-state index < -0.39 is 23.7 Å². The number of carboxylic acid groups (broad SMARTS) is 1. The number of rotatable bonds is 5. The van der Waals surface area contributed by atoms with E-state index in [1.807, 2.05) is 0 Å². The summed E-state index contributed by atoms with van der Waals surface area (Å²) in [5.41, 5.74) is 0.454. The van der Waals surface area contributed by atoms with Gasteiger partial charge >= 0.3 is 5.97 Å². The summed E-state index contributed by atoms with van der Waals surface area (Å²) in [6.07, 6.45) is -0.0264. The number of carbonyl (C=O) groups is 3. The number of hydrogen-bond acceptors (Lipinski definition) is 5. The van der Waals surface area contributed by atoms with Crippen molar-refractivity contribution in [2.24, 2.45) is 0 Å². The zero-order valence-corrected chi connectivity index (χ0v) is 13.0. The molecule has 0 aliphatic carbocycles. The van der Waals surface area contributed by atoms with E-state index in [9.17, 15) is 14.4 Å². The Morgan fingerprint density at radius 3 is 2.52 bits per heavy atom. The van der Waals surface area contributed by atoms with Crippen LogP contribution in [0.1, 0.15) is 16.8 Å². The number of hydrogen-bond donors (Lipinski definition) is 1. The standard InChI is InChI=1S/C13H10ClNO4S2/c14-8-3-1-7(2-4-8)9(16)5-10-12(19)15(6-11(17)18)13(20)21-10/h1-4,10H,5-6H2,(H,17,18). The average molecular weight is 344 g/mol. The van der Waals surface area contributed by atoms with E-state index in [2.05, 4.69) is 0 Å². The molecule has 110 valence electrons. The normalized spacial score (nSPS) is 18.1. The molecule has 1 saturated heterocycles. The minimum Gasteiger partial charge on any atom is -0.480 e. The number of carbonyl (C=O) groups excluding carboxylic acids is 2. The van der Waals surface area contributed by atoms with E-state index in [1.165, 1.54) is 0 Å². The van der Waals surface area contributed by atoms with Gasteiger partial charge in [0, 0.05) is 17.0 Å². The molecule has 0 bridgehead atoms. The number of thioether (sulfide) groups is 1. The van der Waals surface area contributed by atoms with Gasteiger partial charge in [-0.15, -0.1) is 0 Å². The van der Waals surface area contributed by atoms with E-state index in [0.29, 0.717) is 10.6 Å². The quantitative estimate of drug-likeness (QED) is 0.652. The fourth-order valence-corrected chi connectivity index (χ4v) is 3.45. The topological polar surface area (TPSA) is 74.7 Å². The van der Waals surface area contributed by atoms with Crippen LogP contribution in [0.2, 0.25) is 5.02 Å². The van der Waals surface area contributed by atoms with Gasteiger partial charge in [0.25, 0.3) is 0 Å². The van der Waals surface area contributed by atoms with Crippen LogP contribution in [0.25, 0.3) is 0 Å². The molecule has 2 rings (SSSR count). The van der Waals surface area contributed by atoms with Crippen molar-refractivity contribution in [1.29, 1.82) is 0 Å². The van der Waals surface area contributed by atoms with Crippen molar-refractivity contribution in [1.82, 2.24) is 4.90 Å². The predicted octanol–water partition coefficient (Wildman–Crippen LogP) is 2.23. The second-order valence-electron chi connectivity index (χ2n) is 4.32. The third kappa shape index (κ3) is 3.81. The van der Waals surface area contributed by atoms with Crippen molar-refractivity contribution in [2.45, 2.75) is 11.7 Å². The summed E-state index contributed by atoms with van der Waals surface area (Å²) in [5, 5.41) is 8.59. The van der Waals surface area contributed by atoms with Crippen molar-refractivity contribution in [3.8, 4) is 0 Å². The number of halogens is 1. The van der Waals surface area contributed by atoms with Crippen LogP contribution in [0.4, 0.5) is 0 Å². The first-order valence-corrected chi connectivity index (χ1v) is 7.57. The Balaban J connectivity index is 2.05. The molecule has 1 fully saturated rings. The Bertz CT molecular complexity index is 617. The fraction of sp³-hybridized carbons (Fsp3) is 0.231. The maximum atomic E-state index is 12.1. The molecule has 1 aromatic rings. The van der Waals surface area contributed by atoms with E-state index >= 15 is 0 Å². The zero-order valence-electron chi connectivity index (χ0n) is 10.6. The van der Waals surface area contributed by atoms with Crippen molar-refractivity contribution in [2.75, 3.05) is 6.54 Å². The molecular formula is C13H10ClNO4S2. The predicted molar refractivity (Wildman–Crippen MR) is 83.7 cm³/mol. The van der Waals surface area contributed by atoms with Crippen LogP contribution in [0.5, 0.6) is 0 Å². The highest BCUT2D eigenvalue weighted by Crippen LogP contribution is 2.30. The molecular weight excluding hydrogens is 334 g/mol. The van der Waals surface area contributed by atoms with Crippen LogP contribution in [-0.4, -0.2) is 43.8 Å². The molecule has 5 nitrogen and oxygen atoms in total. The van der Waals surface area contributed by atoms with Crippen molar-refractivity contribution >= 4 is 57.6 Å². The van der Waals surface area contributed by atoms with Gasteiger partial charge in [0.2, 0.25) is 5.91 Å². The van der Waals surface area contributed by atoms with Gasteiger partial charge < -0.3 is 5.11 Å². The lowest BCUT2D eigenvalue weighted by molar-refractivity contribution is -0.141. The maximum Gasteiger partial charge on any atom is 0.323 e.